The third-order valence-corrected chi connectivity index (χ3v) is 5.24. The highest BCUT2D eigenvalue weighted by molar-refractivity contribution is 5.63. The molecule has 1 aromatic heterocycles. The molecule has 1 atom stereocenters. The summed E-state index contributed by atoms with van der Waals surface area (Å²) in [6, 6.07) is 13.3. The van der Waals surface area contributed by atoms with E-state index in [1.807, 2.05) is 0 Å². The largest absolute Gasteiger partial charge is 0.473 e. The summed E-state index contributed by atoms with van der Waals surface area (Å²) in [4.78, 5) is 4.17. The predicted octanol–water partition coefficient (Wildman–Crippen LogP) is 6.80. The second-order valence-corrected chi connectivity index (χ2v) is 7.46. The Kier molecular flexibility index (Phi) is 6.37. The maximum Gasteiger partial charge on any atom is 0.416 e. The summed E-state index contributed by atoms with van der Waals surface area (Å²) in [6.45, 7) is -0.0319. The Morgan fingerprint density at radius 1 is 0.853 bits per heavy atom. The van der Waals surface area contributed by atoms with Crippen molar-refractivity contribution in [1.82, 2.24) is 10.3 Å². The van der Waals surface area contributed by atoms with Crippen LogP contribution in [-0.2, 0) is 12.8 Å². The van der Waals surface area contributed by atoms with E-state index in [4.69, 9.17) is 4.74 Å². The lowest BCUT2D eigenvalue weighted by Crippen LogP contribution is -2.29. The molecule has 1 radical (unpaired) electrons. The molecule has 1 aliphatic heterocycles. The highest BCUT2D eigenvalue weighted by Gasteiger charge is 2.40. The summed E-state index contributed by atoms with van der Waals surface area (Å²) >= 11 is 0. The Bertz CT molecular complexity index is 1200. The van der Waals surface area contributed by atoms with Crippen molar-refractivity contribution >= 4 is 0 Å². The van der Waals surface area contributed by atoms with E-state index < -0.39 is 29.5 Å². The summed E-state index contributed by atoms with van der Waals surface area (Å²) in [5.74, 6) is 0.222. The number of alkyl halides is 6. The highest BCUT2D eigenvalue weighted by Crippen LogP contribution is 2.38. The monoisotopic (exact) mass is 475 g/mol. The number of allylic oxidation sites excluding steroid dienone is 2. The fourth-order valence-corrected chi connectivity index (χ4v) is 3.53. The van der Waals surface area contributed by atoms with Gasteiger partial charge in [0.1, 0.15) is 6.61 Å². The molecule has 0 spiro atoms. The summed E-state index contributed by atoms with van der Waals surface area (Å²) in [5.41, 5.74) is 0.594. The number of benzene rings is 2. The molecular formula is C25H17F6N2O. The first kappa shape index (κ1) is 23.4. The lowest BCUT2D eigenvalue weighted by molar-refractivity contribution is -0.137. The number of dihydropyridines is 1. The number of nitrogens with one attached hydrogen (secondary N) is 1. The molecule has 0 aliphatic carbocycles. The van der Waals surface area contributed by atoms with E-state index in [1.54, 1.807) is 36.4 Å². The molecule has 175 valence electrons. The van der Waals surface area contributed by atoms with E-state index in [0.717, 1.165) is 18.2 Å². The van der Waals surface area contributed by atoms with Gasteiger partial charge >= 0.3 is 12.4 Å². The van der Waals surface area contributed by atoms with E-state index >= 15 is 0 Å². The molecule has 3 aromatic rings. The van der Waals surface area contributed by atoms with Gasteiger partial charge < -0.3 is 10.1 Å². The number of rotatable bonds is 5. The van der Waals surface area contributed by atoms with Gasteiger partial charge in [-0.25, -0.2) is 4.98 Å². The highest BCUT2D eigenvalue weighted by atomic mass is 19.4. The van der Waals surface area contributed by atoms with Crippen molar-refractivity contribution < 1.29 is 31.1 Å². The zero-order valence-corrected chi connectivity index (χ0v) is 17.4. The van der Waals surface area contributed by atoms with Gasteiger partial charge in [0, 0.05) is 17.8 Å². The SMILES string of the molecule is FC(F)(F)C1=CC=[C]NC1c1ccccc1COc1ccc(-c2ccc(C(F)(F)F)cc2)cn1. The minimum atomic E-state index is -4.51. The molecule has 1 N–H and O–H groups in total. The Balaban J connectivity index is 1.48. The molecule has 0 amide bonds. The number of pyridine rings is 1. The van der Waals surface area contributed by atoms with Crippen LogP contribution in [0.5, 0.6) is 5.88 Å². The van der Waals surface area contributed by atoms with E-state index in [1.165, 1.54) is 24.4 Å². The Hall–Kier alpha value is -3.75. The Morgan fingerprint density at radius 3 is 2.21 bits per heavy atom. The summed E-state index contributed by atoms with van der Waals surface area (Å²) < 4.78 is 84.3. The van der Waals surface area contributed by atoms with Crippen LogP contribution in [0.4, 0.5) is 26.3 Å². The Morgan fingerprint density at radius 2 is 1.56 bits per heavy atom. The first-order valence-corrected chi connectivity index (χ1v) is 10.1. The molecular weight excluding hydrogens is 458 g/mol. The van der Waals surface area contributed by atoms with Crippen molar-refractivity contribution in [1.29, 1.82) is 0 Å². The van der Waals surface area contributed by atoms with Crippen molar-refractivity contribution in [2.75, 3.05) is 0 Å². The number of aromatic nitrogens is 1. The van der Waals surface area contributed by atoms with E-state index in [-0.39, 0.29) is 12.5 Å². The van der Waals surface area contributed by atoms with Crippen LogP contribution in [0.25, 0.3) is 11.1 Å². The first-order valence-electron chi connectivity index (χ1n) is 10.1. The maximum absolute atomic E-state index is 13.5. The van der Waals surface area contributed by atoms with E-state index in [2.05, 4.69) is 16.5 Å². The zero-order valence-electron chi connectivity index (χ0n) is 17.4. The maximum atomic E-state index is 13.5. The standard InChI is InChI=1S/C25H17F6N2O/c26-24(27,28)19-10-7-16(8-11-19)17-9-12-22(33-14-17)34-15-18-4-1-2-5-20(18)23-21(25(29,30)31)6-3-13-32-23/h1-12,14,23,32H,15H2. The fourth-order valence-electron chi connectivity index (χ4n) is 3.53. The van der Waals surface area contributed by atoms with Crippen molar-refractivity contribution in [3.63, 3.8) is 0 Å². The van der Waals surface area contributed by atoms with E-state index in [0.29, 0.717) is 22.3 Å². The minimum absolute atomic E-state index is 0.0319. The van der Waals surface area contributed by atoms with Crippen LogP contribution in [0, 0.1) is 6.20 Å². The molecule has 34 heavy (non-hydrogen) atoms. The quantitative estimate of drug-likeness (QED) is 0.413. The second-order valence-electron chi connectivity index (χ2n) is 7.46. The molecule has 0 saturated heterocycles. The molecule has 1 aliphatic rings. The van der Waals surface area contributed by atoms with Gasteiger partial charge in [-0.05, 0) is 47.0 Å². The molecule has 1 unspecified atom stereocenters. The molecule has 0 fully saturated rings. The second kappa shape index (κ2) is 9.24. The van der Waals surface area contributed by atoms with Gasteiger partial charge in [-0.3, -0.25) is 0 Å². The minimum Gasteiger partial charge on any atom is -0.473 e. The van der Waals surface area contributed by atoms with Crippen LogP contribution < -0.4 is 10.1 Å². The average Bonchev–Trinajstić information content (AvgIpc) is 2.82. The van der Waals surface area contributed by atoms with Crippen LogP contribution >= 0.6 is 0 Å². The average molecular weight is 475 g/mol. The van der Waals surface area contributed by atoms with Crippen molar-refractivity contribution in [2.24, 2.45) is 0 Å². The van der Waals surface area contributed by atoms with Crippen LogP contribution in [0.1, 0.15) is 22.7 Å². The normalized spacial score (nSPS) is 16.1. The van der Waals surface area contributed by atoms with Gasteiger partial charge in [0.05, 0.1) is 23.4 Å². The number of nitrogens with zero attached hydrogens (tertiary/aromatic N) is 1. The lowest BCUT2D eigenvalue weighted by Gasteiger charge is -2.26. The third-order valence-electron chi connectivity index (χ3n) is 5.24. The van der Waals surface area contributed by atoms with Crippen LogP contribution in [0.2, 0.25) is 0 Å². The number of ether oxygens (including phenoxy) is 1. The summed E-state index contributed by atoms with van der Waals surface area (Å²) in [6.07, 6.45) is -2.70. The van der Waals surface area contributed by atoms with Gasteiger partial charge in [0.25, 0.3) is 0 Å². The van der Waals surface area contributed by atoms with Gasteiger partial charge in [-0.15, -0.1) is 0 Å². The van der Waals surface area contributed by atoms with Crippen molar-refractivity contribution in [3.05, 3.63) is 107 Å². The van der Waals surface area contributed by atoms with Crippen LogP contribution in [0.15, 0.2) is 84.6 Å². The Labute approximate surface area is 191 Å². The molecule has 0 bridgehead atoms. The van der Waals surface area contributed by atoms with Crippen molar-refractivity contribution in [2.45, 2.75) is 25.0 Å². The molecule has 4 rings (SSSR count). The molecule has 2 aromatic carbocycles. The summed E-state index contributed by atoms with van der Waals surface area (Å²) in [5, 5.41) is 2.63. The van der Waals surface area contributed by atoms with Crippen LogP contribution in [0.3, 0.4) is 0 Å². The van der Waals surface area contributed by atoms with E-state index in [9.17, 15) is 26.3 Å². The fraction of sp³-hybridized carbons (Fsp3) is 0.160. The number of hydrogen-bond donors (Lipinski definition) is 1. The van der Waals surface area contributed by atoms with Gasteiger partial charge in [0.15, 0.2) is 0 Å². The zero-order chi connectivity index (χ0) is 24.3. The molecule has 2 heterocycles. The van der Waals surface area contributed by atoms with Gasteiger partial charge in [-0.1, -0.05) is 36.4 Å². The van der Waals surface area contributed by atoms with Gasteiger partial charge in [-0.2, -0.15) is 26.3 Å². The molecule has 3 nitrogen and oxygen atoms in total. The van der Waals surface area contributed by atoms with Gasteiger partial charge in [0.2, 0.25) is 5.88 Å². The van der Waals surface area contributed by atoms with Crippen LogP contribution in [-0.4, -0.2) is 11.2 Å². The molecule has 9 heteroatoms. The third kappa shape index (κ3) is 5.24. The topological polar surface area (TPSA) is 34.1 Å². The number of halogens is 6. The summed E-state index contributed by atoms with van der Waals surface area (Å²) in [7, 11) is 0. The molecule has 0 saturated carbocycles. The smallest absolute Gasteiger partial charge is 0.416 e. The lowest BCUT2D eigenvalue weighted by atomic mass is 9.92. The first-order chi connectivity index (χ1) is 16.1. The predicted molar refractivity (Wildman–Crippen MR) is 113 cm³/mol. The number of hydrogen-bond acceptors (Lipinski definition) is 3. The van der Waals surface area contributed by atoms with Crippen molar-refractivity contribution in [3.8, 4) is 17.0 Å².